The van der Waals surface area contributed by atoms with Gasteiger partial charge in [-0.3, -0.25) is 4.79 Å². The molecule has 0 amide bonds. The van der Waals surface area contributed by atoms with Crippen molar-refractivity contribution in [3.8, 4) is 0 Å². The lowest BCUT2D eigenvalue weighted by Gasteiger charge is -2.30. The van der Waals surface area contributed by atoms with Gasteiger partial charge in [-0.15, -0.1) is 0 Å². The van der Waals surface area contributed by atoms with E-state index in [1.54, 1.807) is 7.11 Å². The van der Waals surface area contributed by atoms with Gasteiger partial charge in [-0.25, -0.2) is 0 Å². The van der Waals surface area contributed by atoms with E-state index >= 15 is 0 Å². The van der Waals surface area contributed by atoms with Crippen LogP contribution in [0.25, 0.3) is 0 Å². The maximum atomic E-state index is 11.6. The van der Waals surface area contributed by atoms with Crippen LogP contribution in [0.5, 0.6) is 0 Å². The Morgan fingerprint density at radius 2 is 2.06 bits per heavy atom. The Bertz CT molecular complexity index is 203. The fourth-order valence-electron chi connectivity index (χ4n) is 2.38. The molecule has 2 atom stereocenters. The molecular weight excluding hydrogens is 204 g/mol. The van der Waals surface area contributed by atoms with Crippen molar-refractivity contribution in [3.63, 3.8) is 0 Å². The van der Waals surface area contributed by atoms with E-state index in [1.165, 1.54) is 19.3 Å². The lowest BCUT2D eigenvalue weighted by molar-refractivity contribution is -0.154. The van der Waals surface area contributed by atoms with Gasteiger partial charge in [0.05, 0.1) is 0 Å². The zero-order chi connectivity index (χ0) is 11.8. The molecule has 3 nitrogen and oxygen atoms in total. The first-order valence-corrected chi connectivity index (χ1v) is 6.46. The van der Waals surface area contributed by atoms with E-state index in [2.05, 4.69) is 6.92 Å². The van der Waals surface area contributed by atoms with Crippen LogP contribution in [0.1, 0.15) is 51.9 Å². The molecule has 0 unspecified atom stereocenters. The third-order valence-electron chi connectivity index (χ3n) is 3.38. The van der Waals surface area contributed by atoms with Crippen molar-refractivity contribution in [2.45, 2.75) is 58.0 Å². The molecule has 0 saturated heterocycles. The SMILES string of the molecule is CC[C@H]1CCCC[C@H]1OC(=O)CCCOC. The summed E-state index contributed by atoms with van der Waals surface area (Å²) in [6.07, 6.45) is 7.30. The monoisotopic (exact) mass is 228 g/mol. The van der Waals surface area contributed by atoms with Gasteiger partial charge in [-0.05, 0) is 38.0 Å². The van der Waals surface area contributed by atoms with Gasteiger partial charge in [-0.1, -0.05) is 13.3 Å². The lowest BCUT2D eigenvalue weighted by atomic mass is 9.85. The quantitative estimate of drug-likeness (QED) is 0.518. The van der Waals surface area contributed by atoms with Crippen molar-refractivity contribution >= 4 is 5.97 Å². The van der Waals surface area contributed by atoms with Crippen LogP contribution in [0.4, 0.5) is 0 Å². The fraction of sp³-hybridized carbons (Fsp3) is 0.923. The minimum Gasteiger partial charge on any atom is -0.462 e. The molecule has 1 aliphatic carbocycles. The van der Waals surface area contributed by atoms with Gasteiger partial charge in [0.2, 0.25) is 0 Å². The molecule has 0 aromatic carbocycles. The predicted molar refractivity (Wildman–Crippen MR) is 63.2 cm³/mol. The molecule has 1 rings (SSSR count). The smallest absolute Gasteiger partial charge is 0.306 e. The second-order valence-corrected chi connectivity index (χ2v) is 4.58. The van der Waals surface area contributed by atoms with Gasteiger partial charge >= 0.3 is 5.97 Å². The van der Waals surface area contributed by atoms with Gasteiger partial charge in [-0.2, -0.15) is 0 Å². The minimum atomic E-state index is -0.0533. The molecule has 0 radical (unpaired) electrons. The second kappa shape index (κ2) is 7.66. The molecule has 0 aliphatic heterocycles. The van der Waals surface area contributed by atoms with Crippen molar-refractivity contribution in [2.24, 2.45) is 5.92 Å². The fourth-order valence-corrected chi connectivity index (χ4v) is 2.38. The molecule has 0 heterocycles. The molecular formula is C13H24O3. The number of ether oxygens (including phenoxy) is 2. The highest BCUT2D eigenvalue weighted by molar-refractivity contribution is 5.69. The molecule has 3 heteroatoms. The maximum Gasteiger partial charge on any atom is 0.306 e. The number of hydrogen-bond donors (Lipinski definition) is 0. The van der Waals surface area contributed by atoms with E-state index in [0.717, 1.165) is 19.3 Å². The van der Waals surface area contributed by atoms with E-state index in [-0.39, 0.29) is 12.1 Å². The summed E-state index contributed by atoms with van der Waals surface area (Å²) in [6, 6.07) is 0. The number of rotatable bonds is 6. The Labute approximate surface area is 98.5 Å². The van der Waals surface area contributed by atoms with Crippen LogP contribution in [0.15, 0.2) is 0 Å². The molecule has 0 aromatic rings. The first-order valence-electron chi connectivity index (χ1n) is 6.46. The van der Waals surface area contributed by atoms with E-state index < -0.39 is 0 Å². The molecule has 16 heavy (non-hydrogen) atoms. The van der Waals surface area contributed by atoms with Crippen molar-refractivity contribution in [2.75, 3.05) is 13.7 Å². The Kier molecular flexibility index (Phi) is 6.46. The Balaban J connectivity index is 2.25. The van der Waals surface area contributed by atoms with E-state index in [4.69, 9.17) is 9.47 Å². The minimum absolute atomic E-state index is 0.0533. The predicted octanol–water partition coefficient (Wildman–Crippen LogP) is 2.93. The Hall–Kier alpha value is -0.570. The number of hydrogen-bond acceptors (Lipinski definition) is 3. The summed E-state index contributed by atoms with van der Waals surface area (Å²) in [5.74, 6) is 0.530. The number of carbonyl (C=O) groups excluding carboxylic acids is 1. The molecule has 94 valence electrons. The molecule has 0 N–H and O–H groups in total. The summed E-state index contributed by atoms with van der Waals surface area (Å²) in [7, 11) is 1.65. The maximum absolute atomic E-state index is 11.6. The lowest BCUT2D eigenvalue weighted by Crippen LogP contribution is -2.29. The number of methoxy groups -OCH3 is 1. The van der Waals surface area contributed by atoms with E-state index in [1.807, 2.05) is 0 Å². The summed E-state index contributed by atoms with van der Waals surface area (Å²) in [4.78, 5) is 11.6. The van der Waals surface area contributed by atoms with Gasteiger partial charge < -0.3 is 9.47 Å². The largest absolute Gasteiger partial charge is 0.462 e. The summed E-state index contributed by atoms with van der Waals surface area (Å²) in [5, 5.41) is 0. The average Bonchev–Trinajstić information content (AvgIpc) is 2.30. The highest BCUT2D eigenvalue weighted by Gasteiger charge is 2.26. The average molecular weight is 228 g/mol. The zero-order valence-electron chi connectivity index (χ0n) is 10.5. The standard InChI is InChI=1S/C13H24O3/c1-3-11-7-4-5-8-12(11)16-13(14)9-6-10-15-2/h11-12H,3-10H2,1-2H3/t11-,12+/m0/s1. The molecule has 0 spiro atoms. The van der Waals surface area contributed by atoms with Crippen molar-refractivity contribution in [3.05, 3.63) is 0 Å². The second-order valence-electron chi connectivity index (χ2n) is 4.58. The molecule has 1 aliphatic rings. The van der Waals surface area contributed by atoms with Crippen molar-refractivity contribution < 1.29 is 14.3 Å². The number of carbonyl (C=O) groups is 1. The number of esters is 1. The van der Waals surface area contributed by atoms with Gasteiger partial charge in [0.1, 0.15) is 6.10 Å². The van der Waals surface area contributed by atoms with Gasteiger partial charge in [0.25, 0.3) is 0 Å². The van der Waals surface area contributed by atoms with Crippen LogP contribution in [0.3, 0.4) is 0 Å². The van der Waals surface area contributed by atoms with Crippen LogP contribution >= 0.6 is 0 Å². The van der Waals surface area contributed by atoms with Crippen LogP contribution in [0.2, 0.25) is 0 Å². The summed E-state index contributed by atoms with van der Waals surface area (Å²) >= 11 is 0. The summed E-state index contributed by atoms with van der Waals surface area (Å²) in [5.41, 5.74) is 0. The normalized spacial score (nSPS) is 25.4. The first kappa shape index (κ1) is 13.5. The van der Waals surface area contributed by atoms with Gasteiger partial charge in [0.15, 0.2) is 0 Å². The van der Waals surface area contributed by atoms with Crippen LogP contribution in [-0.4, -0.2) is 25.8 Å². The topological polar surface area (TPSA) is 35.5 Å². The third kappa shape index (κ3) is 4.52. The molecule has 1 fully saturated rings. The zero-order valence-corrected chi connectivity index (χ0v) is 10.5. The van der Waals surface area contributed by atoms with E-state index in [0.29, 0.717) is 18.9 Å². The van der Waals surface area contributed by atoms with Crippen LogP contribution in [0, 0.1) is 5.92 Å². The third-order valence-corrected chi connectivity index (χ3v) is 3.38. The molecule has 0 bridgehead atoms. The van der Waals surface area contributed by atoms with Crippen LogP contribution < -0.4 is 0 Å². The summed E-state index contributed by atoms with van der Waals surface area (Å²) < 4.78 is 10.5. The van der Waals surface area contributed by atoms with Crippen LogP contribution in [-0.2, 0) is 14.3 Å². The first-order chi connectivity index (χ1) is 7.77. The van der Waals surface area contributed by atoms with Crippen molar-refractivity contribution in [1.82, 2.24) is 0 Å². The highest BCUT2D eigenvalue weighted by Crippen LogP contribution is 2.29. The van der Waals surface area contributed by atoms with E-state index in [9.17, 15) is 4.79 Å². The molecule has 0 aromatic heterocycles. The highest BCUT2D eigenvalue weighted by atomic mass is 16.5. The molecule has 1 saturated carbocycles. The van der Waals surface area contributed by atoms with Gasteiger partial charge in [0, 0.05) is 20.1 Å². The van der Waals surface area contributed by atoms with Crippen molar-refractivity contribution in [1.29, 1.82) is 0 Å². The Morgan fingerprint density at radius 1 is 1.31 bits per heavy atom. The Morgan fingerprint density at radius 3 is 2.75 bits per heavy atom. The summed E-state index contributed by atoms with van der Waals surface area (Å²) in [6.45, 7) is 2.82.